The lowest BCUT2D eigenvalue weighted by Crippen LogP contribution is -2.48. The Hall–Kier alpha value is -2.23. The van der Waals surface area contributed by atoms with Gasteiger partial charge in [-0.25, -0.2) is 22.5 Å². The van der Waals surface area contributed by atoms with Gasteiger partial charge in [-0.05, 0) is 17.7 Å². The van der Waals surface area contributed by atoms with Crippen molar-refractivity contribution in [1.82, 2.24) is 9.73 Å². The minimum absolute atomic E-state index is 0.110. The molecule has 0 spiro atoms. The summed E-state index contributed by atoms with van der Waals surface area (Å²) in [6, 6.07) is 15.1. The highest BCUT2D eigenvalue weighted by Crippen LogP contribution is 2.47. The lowest BCUT2D eigenvalue weighted by molar-refractivity contribution is -0.132. The van der Waals surface area contributed by atoms with E-state index in [9.17, 15) is 17.6 Å². The molecule has 0 saturated carbocycles. The summed E-state index contributed by atoms with van der Waals surface area (Å²) in [6.07, 6.45) is 1.04. The first-order chi connectivity index (χ1) is 12.7. The van der Waals surface area contributed by atoms with Crippen molar-refractivity contribution in [3.05, 3.63) is 71.5 Å². The lowest BCUT2D eigenvalue weighted by atomic mass is 10.1. The van der Waals surface area contributed by atoms with Crippen LogP contribution in [0.2, 0.25) is 0 Å². The third kappa shape index (κ3) is 4.05. The van der Waals surface area contributed by atoms with Gasteiger partial charge in [-0.3, -0.25) is 4.79 Å². The summed E-state index contributed by atoms with van der Waals surface area (Å²) in [5, 5.41) is 5.86. The maximum absolute atomic E-state index is 14.3. The van der Waals surface area contributed by atoms with Gasteiger partial charge in [-0.1, -0.05) is 54.2 Å². The maximum atomic E-state index is 14.3. The van der Waals surface area contributed by atoms with E-state index in [2.05, 4.69) is 9.82 Å². The van der Waals surface area contributed by atoms with Crippen LogP contribution in [-0.2, 0) is 19.7 Å². The van der Waals surface area contributed by atoms with Crippen molar-refractivity contribution in [1.29, 1.82) is 0 Å². The van der Waals surface area contributed by atoms with E-state index < -0.39 is 20.7 Å². The standard InChI is InChI=1S/C18H18FN3O3S2/c1-13(23)22-18(12-20-27(2,24)25,14-8-4-3-5-9-14)26-17(21-22)15-10-6-7-11-16(15)19/h3-11,20H,12H2,1-2H3. The minimum Gasteiger partial charge on any atom is -0.273 e. The van der Waals surface area contributed by atoms with Gasteiger partial charge in [0.05, 0.1) is 12.8 Å². The number of amides is 1. The molecule has 0 fully saturated rings. The van der Waals surface area contributed by atoms with Crippen LogP contribution in [0.5, 0.6) is 0 Å². The number of halogens is 1. The molecule has 3 rings (SSSR count). The molecule has 27 heavy (non-hydrogen) atoms. The van der Waals surface area contributed by atoms with Crippen molar-refractivity contribution < 1.29 is 17.6 Å². The van der Waals surface area contributed by atoms with Gasteiger partial charge in [0.2, 0.25) is 15.9 Å². The smallest absolute Gasteiger partial charge is 0.241 e. The monoisotopic (exact) mass is 407 g/mol. The largest absolute Gasteiger partial charge is 0.273 e. The van der Waals surface area contributed by atoms with E-state index in [-0.39, 0.29) is 18.0 Å². The van der Waals surface area contributed by atoms with Crippen molar-refractivity contribution in [2.75, 3.05) is 12.8 Å². The SMILES string of the molecule is CC(=O)N1N=C(c2ccccc2F)SC1(CNS(C)(=O)=O)c1ccccc1. The molecule has 1 aliphatic rings. The summed E-state index contributed by atoms with van der Waals surface area (Å²) in [7, 11) is -3.52. The van der Waals surface area contributed by atoms with Crippen LogP contribution in [0.3, 0.4) is 0 Å². The molecule has 2 aromatic rings. The summed E-state index contributed by atoms with van der Waals surface area (Å²) in [4.78, 5) is 11.2. The average molecular weight is 407 g/mol. The maximum Gasteiger partial charge on any atom is 0.241 e. The molecule has 2 aromatic carbocycles. The van der Waals surface area contributed by atoms with Gasteiger partial charge in [0, 0.05) is 12.5 Å². The minimum atomic E-state index is -3.52. The first kappa shape index (κ1) is 19.5. The summed E-state index contributed by atoms with van der Waals surface area (Å²) in [5.41, 5.74) is 0.933. The Morgan fingerprint density at radius 1 is 1.19 bits per heavy atom. The predicted octanol–water partition coefficient (Wildman–Crippen LogP) is 2.48. The molecule has 142 valence electrons. The number of carbonyl (C=O) groups excluding carboxylic acids is 1. The molecule has 0 bridgehead atoms. The molecule has 0 radical (unpaired) electrons. The fourth-order valence-corrected chi connectivity index (χ4v) is 4.72. The summed E-state index contributed by atoms with van der Waals surface area (Å²) >= 11 is 1.14. The topological polar surface area (TPSA) is 78.8 Å². The van der Waals surface area contributed by atoms with Crippen molar-refractivity contribution in [2.24, 2.45) is 5.10 Å². The fourth-order valence-electron chi connectivity index (χ4n) is 2.79. The van der Waals surface area contributed by atoms with Crippen LogP contribution in [-0.4, -0.2) is 37.2 Å². The van der Waals surface area contributed by atoms with Crippen LogP contribution in [0.25, 0.3) is 0 Å². The highest BCUT2D eigenvalue weighted by Gasteiger charge is 2.48. The number of benzene rings is 2. The van der Waals surface area contributed by atoms with Crippen LogP contribution in [0.1, 0.15) is 18.1 Å². The van der Waals surface area contributed by atoms with Gasteiger partial charge < -0.3 is 0 Å². The molecular formula is C18H18FN3O3S2. The Morgan fingerprint density at radius 2 is 1.81 bits per heavy atom. The second-order valence-electron chi connectivity index (χ2n) is 6.06. The first-order valence-electron chi connectivity index (χ1n) is 8.06. The number of sulfonamides is 1. The Kier molecular flexibility index (Phi) is 5.36. The van der Waals surface area contributed by atoms with E-state index in [1.165, 1.54) is 18.0 Å². The molecular weight excluding hydrogens is 389 g/mol. The molecule has 6 nitrogen and oxygen atoms in total. The predicted molar refractivity (Wildman–Crippen MR) is 104 cm³/mol. The Morgan fingerprint density at radius 3 is 2.41 bits per heavy atom. The molecule has 0 saturated heterocycles. The third-order valence-electron chi connectivity index (χ3n) is 4.00. The summed E-state index contributed by atoms with van der Waals surface area (Å²) in [6.45, 7) is 1.23. The van der Waals surface area contributed by atoms with E-state index in [4.69, 9.17) is 0 Å². The quantitative estimate of drug-likeness (QED) is 0.826. The Bertz CT molecular complexity index is 996. The lowest BCUT2D eigenvalue weighted by Gasteiger charge is -2.35. The van der Waals surface area contributed by atoms with E-state index in [0.717, 1.165) is 18.0 Å². The Balaban J connectivity index is 2.12. The number of thioether (sulfide) groups is 1. The zero-order chi connectivity index (χ0) is 19.7. The molecule has 0 aliphatic carbocycles. The molecule has 1 amide bonds. The van der Waals surface area contributed by atoms with E-state index in [1.807, 2.05) is 6.07 Å². The van der Waals surface area contributed by atoms with Gasteiger partial charge in [0.1, 0.15) is 10.9 Å². The number of nitrogens with zero attached hydrogens (tertiary/aromatic N) is 2. The van der Waals surface area contributed by atoms with Crippen molar-refractivity contribution in [3.8, 4) is 0 Å². The van der Waals surface area contributed by atoms with Gasteiger partial charge in [-0.15, -0.1) is 0 Å². The molecule has 1 heterocycles. The van der Waals surface area contributed by atoms with E-state index in [1.54, 1.807) is 42.5 Å². The van der Waals surface area contributed by atoms with Gasteiger partial charge in [-0.2, -0.15) is 5.10 Å². The number of nitrogens with one attached hydrogen (secondary N) is 1. The molecule has 1 N–H and O–H groups in total. The number of hydrogen-bond acceptors (Lipinski definition) is 5. The first-order valence-corrected chi connectivity index (χ1v) is 10.8. The fraction of sp³-hybridized carbons (Fsp3) is 0.222. The van der Waals surface area contributed by atoms with Crippen LogP contribution < -0.4 is 4.72 Å². The highest BCUT2D eigenvalue weighted by molar-refractivity contribution is 8.15. The molecule has 1 atom stereocenters. The zero-order valence-corrected chi connectivity index (χ0v) is 16.3. The molecule has 0 aromatic heterocycles. The van der Waals surface area contributed by atoms with Crippen molar-refractivity contribution >= 4 is 32.7 Å². The second kappa shape index (κ2) is 7.41. The van der Waals surface area contributed by atoms with Crippen LogP contribution in [0.15, 0.2) is 59.7 Å². The van der Waals surface area contributed by atoms with Crippen molar-refractivity contribution in [3.63, 3.8) is 0 Å². The molecule has 1 aliphatic heterocycles. The molecule has 9 heteroatoms. The molecule has 1 unspecified atom stereocenters. The number of hydrazone groups is 1. The number of rotatable bonds is 5. The zero-order valence-electron chi connectivity index (χ0n) is 14.7. The van der Waals surface area contributed by atoms with Crippen LogP contribution in [0, 0.1) is 5.82 Å². The summed E-state index contributed by atoms with van der Waals surface area (Å²) < 4.78 is 40.2. The van der Waals surface area contributed by atoms with Crippen molar-refractivity contribution in [2.45, 2.75) is 11.8 Å². The van der Waals surface area contributed by atoms with Gasteiger partial charge in [0.15, 0.2) is 4.87 Å². The van der Waals surface area contributed by atoms with Crippen LogP contribution in [0.4, 0.5) is 4.39 Å². The number of hydrogen-bond donors (Lipinski definition) is 1. The third-order valence-corrected chi connectivity index (χ3v) is 6.05. The Labute approximate surface area is 161 Å². The van der Waals surface area contributed by atoms with E-state index in [0.29, 0.717) is 10.6 Å². The van der Waals surface area contributed by atoms with Gasteiger partial charge >= 0.3 is 0 Å². The average Bonchev–Trinajstić information content (AvgIpc) is 3.02. The van der Waals surface area contributed by atoms with Gasteiger partial charge in [0.25, 0.3) is 0 Å². The summed E-state index contributed by atoms with van der Waals surface area (Å²) in [5.74, 6) is -0.847. The number of carbonyl (C=O) groups is 1. The highest BCUT2D eigenvalue weighted by atomic mass is 32.2. The second-order valence-corrected chi connectivity index (χ2v) is 9.16. The van der Waals surface area contributed by atoms with E-state index >= 15 is 0 Å². The normalized spacial score (nSPS) is 19.8. The van der Waals surface area contributed by atoms with Crippen LogP contribution >= 0.6 is 11.8 Å².